The second-order valence-electron chi connectivity index (χ2n) is 3.36. The summed E-state index contributed by atoms with van der Waals surface area (Å²) < 4.78 is 0. The van der Waals surface area contributed by atoms with E-state index in [1.165, 1.54) is 0 Å². The maximum Gasteiger partial charge on any atom is 0.0706 e. The van der Waals surface area contributed by atoms with Gasteiger partial charge in [-0.1, -0.05) is 0 Å². The first-order valence-electron chi connectivity index (χ1n) is 4.48. The lowest BCUT2D eigenvalue weighted by Crippen LogP contribution is -2.36. The van der Waals surface area contributed by atoms with E-state index in [2.05, 4.69) is 10.6 Å². The highest BCUT2D eigenvalue weighted by atomic mass is 35.5. The van der Waals surface area contributed by atoms with Gasteiger partial charge in [-0.2, -0.15) is 0 Å². The van der Waals surface area contributed by atoms with Crippen molar-refractivity contribution >= 4 is 24.8 Å². The molecule has 0 aromatic rings. The molecule has 0 aromatic heterocycles. The number of hydrogen-bond donors (Lipinski definition) is 4. The molecule has 0 amide bonds. The van der Waals surface area contributed by atoms with Crippen molar-refractivity contribution in [2.24, 2.45) is 0 Å². The third kappa shape index (κ3) is 5.34. The van der Waals surface area contributed by atoms with E-state index < -0.39 is 0 Å². The van der Waals surface area contributed by atoms with E-state index in [1.807, 2.05) is 7.05 Å². The van der Waals surface area contributed by atoms with Crippen LogP contribution in [0.3, 0.4) is 0 Å². The molecule has 4 N–H and O–H groups in total. The van der Waals surface area contributed by atoms with Crippen LogP contribution >= 0.6 is 24.8 Å². The average Bonchev–Trinajstić information content (AvgIpc) is 2.47. The van der Waals surface area contributed by atoms with Crippen LogP contribution < -0.4 is 10.6 Å². The Balaban J connectivity index is 0. The van der Waals surface area contributed by atoms with Crippen molar-refractivity contribution in [3.05, 3.63) is 0 Å². The van der Waals surface area contributed by atoms with Gasteiger partial charge in [0.05, 0.1) is 12.2 Å². The molecule has 0 aromatic carbocycles. The van der Waals surface area contributed by atoms with Gasteiger partial charge in [0.25, 0.3) is 0 Å². The van der Waals surface area contributed by atoms with Crippen LogP contribution in [-0.4, -0.2) is 48.6 Å². The number of nitrogens with one attached hydrogen (secondary N) is 2. The normalized spacial score (nSPS) is 27.6. The molecular weight excluding hydrogens is 227 g/mol. The summed E-state index contributed by atoms with van der Waals surface area (Å²) in [5, 5.41) is 24.8. The lowest BCUT2D eigenvalue weighted by molar-refractivity contribution is 0.117. The second kappa shape index (κ2) is 8.71. The Hall–Kier alpha value is 0.420. The lowest BCUT2D eigenvalue weighted by atomic mass is 10.1. The van der Waals surface area contributed by atoms with Crippen LogP contribution in [0.4, 0.5) is 0 Å². The number of rotatable bonds is 4. The molecule has 3 atom stereocenters. The molecule has 1 rings (SSSR count). The molecule has 88 valence electrons. The molecule has 4 nitrogen and oxygen atoms in total. The molecule has 0 aliphatic carbocycles. The molecule has 0 bridgehead atoms. The third-order valence-electron chi connectivity index (χ3n) is 2.30. The molecule has 0 unspecified atom stereocenters. The quantitative estimate of drug-likeness (QED) is 0.542. The zero-order valence-corrected chi connectivity index (χ0v) is 9.90. The first kappa shape index (κ1) is 16.8. The summed E-state index contributed by atoms with van der Waals surface area (Å²) in [7, 11) is 1.86. The highest BCUT2D eigenvalue weighted by Gasteiger charge is 2.27. The third-order valence-corrected chi connectivity index (χ3v) is 2.30. The van der Waals surface area contributed by atoms with Crippen molar-refractivity contribution in [3.63, 3.8) is 0 Å². The van der Waals surface area contributed by atoms with Gasteiger partial charge < -0.3 is 20.8 Å². The van der Waals surface area contributed by atoms with E-state index in [9.17, 15) is 10.2 Å². The molecule has 1 fully saturated rings. The van der Waals surface area contributed by atoms with Crippen LogP contribution in [0.1, 0.15) is 12.8 Å². The number of aliphatic hydroxyl groups excluding tert-OH is 2. The summed E-state index contributed by atoms with van der Waals surface area (Å²) >= 11 is 0. The van der Waals surface area contributed by atoms with Crippen molar-refractivity contribution in [1.82, 2.24) is 10.6 Å². The van der Waals surface area contributed by atoms with Gasteiger partial charge in [-0.05, 0) is 26.4 Å². The van der Waals surface area contributed by atoms with Crippen LogP contribution in [-0.2, 0) is 0 Å². The van der Waals surface area contributed by atoms with Crippen LogP contribution in [0.25, 0.3) is 0 Å². The van der Waals surface area contributed by atoms with Crippen molar-refractivity contribution in [3.8, 4) is 0 Å². The molecule has 1 aliphatic rings. The van der Waals surface area contributed by atoms with Gasteiger partial charge in [-0.15, -0.1) is 24.8 Å². The highest BCUT2D eigenvalue weighted by Crippen LogP contribution is 2.11. The minimum absolute atomic E-state index is 0. The van der Waals surface area contributed by atoms with E-state index >= 15 is 0 Å². The van der Waals surface area contributed by atoms with Gasteiger partial charge in [0, 0.05) is 12.6 Å². The Morgan fingerprint density at radius 3 is 2.57 bits per heavy atom. The van der Waals surface area contributed by atoms with E-state index in [4.69, 9.17) is 0 Å². The summed E-state index contributed by atoms with van der Waals surface area (Å²) in [4.78, 5) is 0. The van der Waals surface area contributed by atoms with Gasteiger partial charge in [-0.25, -0.2) is 0 Å². The Labute approximate surface area is 97.3 Å². The Bertz CT molecular complexity index is 141. The summed E-state index contributed by atoms with van der Waals surface area (Å²) in [6.07, 6.45) is 0.792. The Morgan fingerprint density at radius 2 is 2.14 bits per heavy atom. The zero-order valence-electron chi connectivity index (χ0n) is 8.27. The first-order chi connectivity index (χ1) is 5.74. The second-order valence-corrected chi connectivity index (χ2v) is 3.36. The predicted octanol–water partition coefficient (Wildman–Crippen LogP) is -0.477. The SMILES string of the molecule is CNCC[C@@H](O)[C@@H]1C[C@@H](O)CN1.Cl.Cl. The fourth-order valence-electron chi connectivity index (χ4n) is 1.53. The number of halogens is 2. The smallest absolute Gasteiger partial charge is 0.0706 e. The minimum Gasteiger partial charge on any atom is -0.392 e. The van der Waals surface area contributed by atoms with Gasteiger partial charge in [-0.3, -0.25) is 0 Å². The molecule has 1 heterocycles. The fraction of sp³-hybridized carbons (Fsp3) is 1.00. The van der Waals surface area contributed by atoms with Crippen LogP contribution in [0.5, 0.6) is 0 Å². The van der Waals surface area contributed by atoms with Gasteiger partial charge >= 0.3 is 0 Å². The Morgan fingerprint density at radius 1 is 1.50 bits per heavy atom. The minimum atomic E-state index is -0.338. The monoisotopic (exact) mass is 246 g/mol. The molecule has 1 aliphatic heterocycles. The highest BCUT2D eigenvalue weighted by molar-refractivity contribution is 5.85. The standard InChI is InChI=1S/C8H18N2O2.2ClH/c1-9-3-2-8(12)7-4-6(11)5-10-7;;/h6-12H,2-5H2,1H3;2*1H/t6-,7+,8-;;/m1../s1. The van der Waals surface area contributed by atoms with Crippen molar-refractivity contribution in [1.29, 1.82) is 0 Å². The van der Waals surface area contributed by atoms with Crippen LogP contribution in [0.2, 0.25) is 0 Å². The number of hydrogen-bond acceptors (Lipinski definition) is 4. The summed E-state index contributed by atoms with van der Waals surface area (Å²) in [5.41, 5.74) is 0. The molecule has 0 spiro atoms. The molecule has 6 heteroatoms. The zero-order chi connectivity index (χ0) is 8.97. The van der Waals surface area contributed by atoms with E-state index in [0.29, 0.717) is 13.0 Å². The first-order valence-corrected chi connectivity index (χ1v) is 4.48. The number of aliphatic hydroxyl groups is 2. The molecule has 0 radical (unpaired) electrons. The molecule has 0 saturated carbocycles. The average molecular weight is 247 g/mol. The fourth-order valence-corrected chi connectivity index (χ4v) is 1.53. The van der Waals surface area contributed by atoms with E-state index in [1.54, 1.807) is 0 Å². The summed E-state index contributed by atoms with van der Waals surface area (Å²) in [5.74, 6) is 0. The maximum absolute atomic E-state index is 9.58. The Kier molecular flexibility index (Phi) is 10.5. The van der Waals surface area contributed by atoms with Gasteiger partial charge in [0.1, 0.15) is 0 Å². The van der Waals surface area contributed by atoms with E-state index in [-0.39, 0.29) is 43.1 Å². The van der Waals surface area contributed by atoms with Gasteiger partial charge in [0.2, 0.25) is 0 Å². The largest absolute Gasteiger partial charge is 0.392 e. The van der Waals surface area contributed by atoms with Crippen LogP contribution in [0.15, 0.2) is 0 Å². The maximum atomic E-state index is 9.58. The topological polar surface area (TPSA) is 64.5 Å². The van der Waals surface area contributed by atoms with E-state index in [0.717, 1.165) is 13.0 Å². The van der Waals surface area contributed by atoms with Crippen molar-refractivity contribution < 1.29 is 10.2 Å². The van der Waals surface area contributed by atoms with Crippen molar-refractivity contribution in [2.75, 3.05) is 20.1 Å². The predicted molar refractivity (Wildman–Crippen MR) is 61.5 cm³/mol. The molecule has 14 heavy (non-hydrogen) atoms. The summed E-state index contributed by atoms with van der Waals surface area (Å²) in [6.45, 7) is 1.43. The van der Waals surface area contributed by atoms with Gasteiger partial charge in [0.15, 0.2) is 0 Å². The van der Waals surface area contributed by atoms with Crippen molar-refractivity contribution in [2.45, 2.75) is 31.1 Å². The van der Waals surface area contributed by atoms with Crippen LogP contribution in [0, 0.1) is 0 Å². The molecule has 1 saturated heterocycles. The number of β-amino-alcohol motifs (C(OH)–C–C–N with tert-alkyl or cyclic N) is 1. The summed E-state index contributed by atoms with van der Waals surface area (Å²) in [6, 6.07) is 0.0772. The lowest BCUT2D eigenvalue weighted by Gasteiger charge is -2.17. The molecular formula is C8H20Cl2N2O2.